The molecule has 13 heteroatoms. The van der Waals surface area contributed by atoms with E-state index in [0.717, 1.165) is 16.1 Å². The predicted octanol–water partition coefficient (Wildman–Crippen LogP) is 7.89. The Labute approximate surface area is 330 Å². The minimum Gasteiger partial charge on any atom is -0.504 e. The summed E-state index contributed by atoms with van der Waals surface area (Å²) in [7, 11) is 2.68. The van der Waals surface area contributed by atoms with Crippen LogP contribution in [-0.4, -0.2) is 52.6 Å². The van der Waals surface area contributed by atoms with Crippen molar-refractivity contribution in [3.05, 3.63) is 142 Å². The van der Waals surface area contributed by atoms with Crippen molar-refractivity contribution in [3.8, 4) is 11.5 Å². The second kappa shape index (κ2) is 14.2. The van der Waals surface area contributed by atoms with Crippen LogP contribution in [0.2, 0.25) is 5.02 Å². The van der Waals surface area contributed by atoms with Crippen LogP contribution in [0.1, 0.15) is 35.2 Å². The molecule has 0 spiro atoms. The van der Waals surface area contributed by atoms with Crippen molar-refractivity contribution in [2.45, 2.75) is 24.4 Å². The van der Waals surface area contributed by atoms with Gasteiger partial charge in [-0.25, -0.2) is 4.98 Å². The highest BCUT2D eigenvalue weighted by molar-refractivity contribution is 6.33. The van der Waals surface area contributed by atoms with Gasteiger partial charge in [-0.05, 0) is 65.8 Å². The van der Waals surface area contributed by atoms with Gasteiger partial charge in [-0.2, -0.15) is 18.2 Å². The summed E-state index contributed by atoms with van der Waals surface area (Å²) in [5, 5.41) is 11.8. The number of allylic oxidation sites excluding steroid dienone is 5. The van der Waals surface area contributed by atoms with Crippen LogP contribution in [0.4, 0.5) is 19.0 Å². The van der Waals surface area contributed by atoms with Crippen LogP contribution < -0.4 is 9.75 Å². The zero-order valence-electron chi connectivity index (χ0n) is 30.6. The SMILES string of the molecule is COc1cc(C=C[C@H]2C3=CC[C@@H]4C(=O)N(N(C)c5nc(C(F)(F)F)ccc5Cl)C(=O)[C@@H]4[C@@H]3C[C@H]3C(=O)C(c4ccccc4)=CC(=O)[C@@]23c2ccccc2)ccc1O. The van der Waals surface area contributed by atoms with Gasteiger partial charge in [-0.15, -0.1) is 0 Å². The number of imide groups is 1. The molecule has 3 aromatic carbocycles. The van der Waals surface area contributed by atoms with Gasteiger partial charge in [0.2, 0.25) is 0 Å². The van der Waals surface area contributed by atoms with Crippen LogP contribution in [0, 0.1) is 29.6 Å². The molecule has 6 atom stereocenters. The number of fused-ring (bicyclic) bond motifs is 4. The predicted molar refractivity (Wildman–Crippen MR) is 206 cm³/mol. The molecule has 1 saturated carbocycles. The number of aromatic hydroxyl groups is 1. The number of methoxy groups -OCH3 is 1. The number of alkyl halides is 3. The molecule has 4 aliphatic rings. The molecule has 1 N–H and O–H groups in total. The van der Waals surface area contributed by atoms with Gasteiger partial charge in [0.1, 0.15) is 5.69 Å². The summed E-state index contributed by atoms with van der Waals surface area (Å²) in [6.45, 7) is 0. The Kier molecular flexibility index (Phi) is 9.43. The Morgan fingerprint density at radius 2 is 1.65 bits per heavy atom. The summed E-state index contributed by atoms with van der Waals surface area (Å²) in [6, 6.07) is 24.4. The summed E-state index contributed by atoms with van der Waals surface area (Å²) in [4.78, 5) is 62.7. The Balaban J connectivity index is 1.28. The van der Waals surface area contributed by atoms with Crippen molar-refractivity contribution in [3.63, 3.8) is 0 Å². The van der Waals surface area contributed by atoms with Crippen molar-refractivity contribution >= 4 is 52.4 Å². The Hall–Kier alpha value is -6.01. The molecule has 3 aliphatic carbocycles. The monoisotopic (exact) mass is 793 g/mol. The van der Waals surface area contributed by atoms with E-state index in [1.54, 1.807) is 60.7 Å². The lowest BCUT2D eigenvalue weighted by molar-refractivity contribution is -0.141. The van der Waals surface area contributed by atoms with E-state index in [0.29, 0.717) is 28.3 Å². The number of ether oxygens (including phenoxy) is 1. The lowest BCUT2D eigenvalue weighted by Gasteiger charge is -2.54. The number of anilines is 1. The number of phenols is 1. The van der Waals surface area contributed by atoms with Crippen LogP contribution in [0.25, 0.3) is 11.6 Å². The van der Waals surface area contributed by atoms with E-state index in [1.165, 1.54) is 26.3 Å². The first-order valence-electron chi connectivity index (χ1n) is 18.3. The summed E-state index contributed by atoms with van der Waals surface area (Å²) < 4.78 is 46.5. The first-order valence-corrected chi connectivity index (χ1v) is 18.7. The number of ketones is 2. The van der Waals surface area contributed by atoms with Crippen LogP contribution in [0.5, 0.6) is 11.5 Å². The molecule has 4 aromatic rings. The van der Waals surface area contributed by atoms with E-state index in [4.69, 9.17) is 16.3 Å². The largest absolute Gasteiger partial charge is 0.504 e. The molecule has 2 heterocycles. The average molecular weight is 794 g/mol. The number of hydrogen-bond donors (Lipinski definition) is 1. The Morgan fingerprint density at radius 1 is 0.947 bits per heavy atom. The van der Waals surface area contributed by atoms with Crippen molar-refractivity contribution in [2.75, 3.05) is 19.2 Å². The fourth-order valence-electron chi connectivity index (χ4n) is 9.32. The quantitative estimate of drug-likeness (QED) is 0.148. The van der Waals surface area contributed by atoms with E-state index in [1.807, 2.05) is 30.4 Å². The van der Waals surface area contributed by atoms with Gasteiger partial charge in [-0.1, -0.05) is 102 Å². The molecule has 2 amide bonds. The molecule has 1 saturated heterocycles. The number of carbonyl (C=O) groups excluding carboxylic acids is 4. The number of hydrazine groups is 1. The lowest BCUT2D eigenvalue weighted by Crippen LogP contribution is -2.59. The number of rotatable bonds is 7. The zero-order valence-corrected chi connectivity index (χ0v) is 31.4. The van der Waals surface area contributed by atoms with E-state index in [-0.39, 0.29) is 46.5 Å². The zero-order chi connectivity index (χ0) is 40.4. The number of halogens is 4. The highest BCUT2D eigenvalue weighted by atomic mass is 35.5. The van der Waals surface area contributed by atoms with Crippen molar-refractivity contribution in [2.24, 2.45) is 29.6 Å². The summed E-state index contributed by atoms with van der Waals surface area (Å²) in [5.74, 6) is -6.62. The average Bonchev–Trinajstić information content (AvgIpc) is 3.47. The Bertz CT molecular complexity index is 2420. The summed E-state index contributed by atoms with van der Waals surface area (Å²) >= 11 is 6.32. The van der Waals surface area contributed by atoms with E-state index in [9.17, 15) is 27.9 Å². The highest BCUT2D eigenvalue weighted by Gasteiger charge is 2.65. The van der Waals surface area contributed by atoms with Crippen LogP contribution in [0.3, 0.4) is 0 Å². The van der Waals surface area contributed by atoms with Crippen molar-refractivity contribution in [1.82, 2.24) is 9.99 Å². The number of aromatic nitrogens is 1. The maximum absolute atomic E-state index is 15.1. The van der Waals surface area contributed by atoms with Gasteiger partial charge < -0.3 is 9.84 Å². The molecule has 2 fully saturated rings. The minimum atomic E-state index is -4.82. The second-order valence-corrected chi connectivity index (χ2v) is 15.0. The molecule has 290 valence electrons. The van der Waals surface area contributed by atoms with Crippen molar-refractivity contribution in [1.29, 1.82) is 0 Å². The van der Waals surface area contributed by atoms with Crippen LogP contribution in [-0.2, 0) is 30.8 Å². The maximum atomic E-state index is 15.1. The molecule has 0 unspecified atom stereocenters. The third-order valence-corrected chi connectivity index (χ3v) is 12.1. The van der Waals surface area contributed by atoms with E-state index in [2.05, 4.69) is 4.98 Å². The van der Waals surface area contributed by atoms with Gasteiger partial charge >= 0.3 is 6.18 Å². The number of pyridine rings is 1. The third kappa shape index (κ3) is 6.05. The second-order valence-electron chi connectivity index (χ2n) is 14.6. The number of carbonyl (C=O) groups is 4. The fraction of sp³-hybridized carbons (Fsp3) is 0.250. The standard InChI is InChI=1S/C44H35ClF3N3O6/c1-50(40-33(45)18-20-36(49-40)44(46,47)48)51-41(55)28-16-15-27-30(38(28)42(51)56)22-32-39(54)29(25-9-5-3-6-10-25)23-37(53)43(32,26-11-7-4-8-12-26)31(27)17-13-24-14-19-34(52)35(21-24)57-2/h3-15,17-21,23,28,30-32,38,52H,16,22H2,1-2H3/t28-,30+,31-,32-,38-,43-/m0/s1. The number of amides is 2. The van der Waals surface area contributed by atoms with Crippen molar-refractivity contribution < 1.29 is 42.2 Å². The molecular weight excluding hydrogens is 759 g/mol. The first kappa shape index (κ1) is 37.9. The molecule has 8 rings (SSSR count). The number of phenolic OH excluding ortho intramolecular Hbond substituents is 1. The highest BCUT2D eigenvalue weighted by Crippen LogP contribution is 2.61. The molecular formula is C44H35ClF3N3O6. The summed E-state index contributed by atoms with van der Waals surface area (Å²) in [6.07, 6.45) is 2.23. The van der Waals surface area contributed by atoms with Gasteiger partial charge in [-0.3, -0.25) is 24.2 Å². The van der Waals surface area contributed by atoms with Gasteiger partial charge in [0, 0.05) is 24.5 Å². The van der Waals surface area contributed by atoms with Gasteiger partial charge in [0.15, 0.2) is 28.9 Å². The number of Topliss-reactive ketones (excluding diaryl/α,β-unsaturated/α-hetero) is 1. The first-order chi connectivity index (χ1) is 27.3. The van der Waals surface area contributed by atoms with Crippen LogP contribution in [0.15, 0.2) is 115 Å². The fourth-order valence-corrected chi connectivity index (χ4v) is 9.54. The molecule has 0 radical (unpaired) electrons. The Morgan fingerprint density at radius 3 is 2.33 bits per heavy atom. The van der Waals surface area contributed by atoms with Gasteiger partial charge in [0.05, 0.1) is 29.4 Å². The van der Waals surface area contributed by atoms with E-state index >= 15 is 9.59 Å². The normalized spacial score (nSPS) is 25.8. The number of hydrogen-bond acceptors (Lipinski definition) is 8. The summed E-state index contributed by atoms with van der Waals surface area (Å²) in [5.41, 5.74) is 0.0237. The maximum Gasteiger partial charge on any atom is 0.433 e. The van der Waals surface area contributed by atoms with Crippen LogP contribution >= 0.6 is 11.6 Å². The molecule has 0 bridgehead atoms. The van der Waals surface area contributed by atoms with E-state index < -0.39 is 64.5 Å². The molecule has 1 aliphatic heterocycles. The number of benzene rings is 3. The van der Waals surface area contributed by atoms with Gasteiger partial charge in [0.25, 0.3) is 11.8 Å². The molecule has 1 aromatic heterocycles. The molecule has 57 heavy (non-hydrogen) atoms. The minimum absolute atomic E-state index is 0.0349. The number of nitrogens with zero attached hydrogens (tertiary/aromatic N) is 3. The third-order valence-electron chi connectivity index (χ3n) is 11.8. The smallest absolute Gasteiger partial charge is 0.433 e. The topological polar surface area (TPSA) is 117 Å². The molecule has 9 nitrogen and oxygen atoms in total. The lowest BCUT2D eigenvalue weighted by atomic mass is 9.45.